The lowest BCUT2D eigenvalue weighted by Crippen LogP contribution is -2.29. The van der Waals surface area contributed by atoms with Gasteiger partial charge in [-0.15, -0.1) is 11.3 Å². The third kappa shape index (κ3) is 3.45. The van der Waals surface area contributed by atoms with Gasteiger partial charge in [-0.2, -0.15) is 0 Å². The molecule has 0 radical (unpaired) electrons. The van der Waals surface area contributed by atoms with Gasteiger partial charge in [0.2, 0.25) is 11.8 Å². The SMILES string of the molecule is O=C(Nc1nccs1)C1CC(=O)N(CCc2c[nH]c3ccc(Cl)cc23)C1. The Morgan fingerprint density at radius 1 is 1.46 bits per heavy atom. The Morgan fingerprint density at radius 3 is 3.15 bits per heavy atom. The molecule has 1 unspecified atom stereocenters. The fourth-order valence-corrected chi connectivity index (χ4v) is 3.97. The number of benzene rings is 1. The first-order chi connectivity index (χ1) is 12.6. The zero-order valence-electron chi connectivity index (χ0n) is 13.9. The molecular weight excluding hydrogens is 372 g/mol. The number of hydrogen-bond donors (Lipinski definition) is 2. The second kappa shape index (κ2) is 7.09. The Morgan fingerprint density at radius 2 is 2.35 bits per heavy atom. The predicted octanol–water partition coefficient (Wildman–Crippen LogP) is 3.31. The van der Waals surface area contributed by atoms with Crippen LogP contribution in [0.5, 0.6) is 0 Å². The molecule has 0 bridgehead atoms. The van der Waals surface area contributed by atoms with E-state index in [1.54, 1.807) is 16.5 Å². The lowest BCUT2D eigenvalue weighted by atomic mass is 10.1. The number of H-pyrrole nitrogens is 1. The number of likely N-dealkylation sites (tertiary alicyclic amines) is 1. The van der Waals surface area contributed by atoms with Crippen LogP contribution < -0.4 is 5.32 Å². The van der Waals surface area contributed by atoms with Crippen LogP contribution in [0.4, 0.5) is 5.13 Å². The number of fused-ring (bicyclic) bond motifs is 1. The molecule has 1 aliphatic rings. The number of rotatable bonds is 5. The Balaban J connectivity index is 1.38. The minimum atomic E-state index is -0.330. The van der Waals surface area contributed by atoms with E-state index in [-0.39, 0.29) is 24.2 Å². The van der Waals surface area contributed by atoms with Crippen molar-refractivity contribution in [2.45, 2.75) is 12.8 Å². The number of nitrogens with zero attached hydrogens (tertiary/aromatic N) is 2. The number of anilines is 1. The highest BCUT2D eigenvalue weighted by molar-refractivity contribution is 7.13. The van der Waals surface area contributed by atoms with Crippen molar-refractivity contribution >= 4 is 50.8 Å². The van der Waals surface area contributed by atoms with Crippen LogP contribution in [0.15, 0.2) is 36.0 Å². The summed E-state index contributed by atoms with van der Waals surface area (Å²) in [6.45, 7) is 1.03. The van der Waals surface area contributed by atoms with Crippen LogP contribution >= 0.6 is 22.9 Å². The van der Waals surface area contributed by atoms with Crippen LogP contribution in [0.25, 0.3) is 10.9 Å². The van der Waals surface area contributed by atoms with Gasteiger partial charge in [-0.3, -0.25) is 9.59 Å². The smallest absolute Gasteiger partial charge is 0.231 e. The van der Waals surface area contributed by atoms with Gasteiger partial charge in [-0.25, -0.2) is 4.98 Å². The van der Waals surface area contributed by atoms with Crippen LogP contribution in [-0.2, 0) is 16.0 Å². The second-order valence-corrected chi connectivity index (χ2v) is 7.65. The summed E-state index contributed by atoms with van der Waals surface area (Å²) in [6.07, 6.45) is 4.55. The van der Waals surface area contributed by atoms with E-state index in [1.165, 1.54) is 11.3 Å². The molecule has 1 aliphatic heterocycles. The third-order valence-electron chi connectivity index (χ3n) is 4.63. The molecule has 1 aromatic carbocycles. The summed E-state index contributed by atoms with van der Waals surface area (Å²) in [5.41, 5.74) is 2.14. The fraction of sp³-hybridized carbons (Fsp3) is 0.278. The van der Waals surface area contributed by atoms with Crippen molar-refractivity contribution in [1.82, 2.24) is 14.9 Å². The van der Waals surface area contributed by atoms with Gasteiger partial charge in [-0.1, -0.05) is 11.6 Å². The maximum Gasteiger partial charge on any atom is 0.231 e. The minimum absolute atomic E-state index is 0.0159. The summed E-state index contributed by atoms with van der Waals surface area (Å²) < 4.78 is 0. The average molecular weight is 389 g/mol. The fourth-order valence-electron chi connectivity index (χ4n) is 3.27. The van der Waals surface area contributed by atoms with Gasteiger partial charge in [0.05, 0.1) is 5.92 Å². The van der Waals surface area contributed by atoms with Crippen molar-refractivity contribution in [3.63, 3.8) is 0 Å². The Kier molecular flexibility index (Phi) is 4.65. The summed E-state index contributed by atoms with van der Waals surface area (Å²) in [4.78, 5) is 33.6. The largest absolute Gasteiger partial charge is 0.361 e. The molecule has 3 heterocycles. The number of hydrogen-bond acceptors (Lipinski definition) is 4. The lowest BCUT2D eigenvalue weighted by molar-refractivity contribution is -0.128. The maximum atomic E-state index is 12.3. The molecule has 1 atom stereocenters. The number of carbonyl (C=O) groups is 2. The van der Waals surface area contributed by atoms with Gasteiger partial charge in [0.25, 0.3) is 0 Å². The van der Waals surface area contributed by atoms with E-state index in [0.717, 1.165) is 16.5 Å². The zero-order valence-corrected chi connectivity index (χ0v) is 15.4. The number of aromatic amines is 1. The molecular formula is C18H17ClN4O2S. The molecule has 6 nitrogen and oxygen atoms in total. The number of nitrogens with one attached hydrogen (secondary N) is 2. The molecule has 2 N–H and O–H groups in total. The second-order valence-electron chi connectivity index (χ2n) is 6.32. The molecule has 8 heteroatoms. The lowest BCUT2D eigenvalue weighted by Gasteiger charge is -2.16. The van der Waals surface area contributed by atoms with E-state index >= 15 is 0 Å². The number of aromatic nitrogens is 2. The highest BCUT2D eigenvalue weighted by atomic mass is 35.5. The molecule has 0 aliphatic carbocycles. The normalized spacial score (nSPS) is 17.2. The summed E-state index contributed by atoms with van der Waals surface area (Å²) in [5.74, 6) is -0.458. The van der Waals surface area contributed by atoms with Crippen LogP contribution in [-0.4, -0.2) is 39.8 Å². The van der Waals surface area contributed by atoms with Crippen molar-refractivity contribution < 1.29 is 9.59 Å². The number of amides is 2. The van der Waals surface area contributed by atoms with Crippen molar-refractivity contribution in [3.05, 3.63) is 46.6 Å². The van der Waals surface area contributed by atoms with Crippen molar-refractivity contribution in [2.75, 3.05) is 18.4 Å². The first-order valence-corrected chi connectivity index (χ1v) is 9.59. The van der Waals surface area contributed by atoms with Gasteiger partial charge in [0.15, 0.2) is 5.13 Å². The molecule has 1 fully saturated rings. The number of carbonyl (C=O) groups excluding carboxylic acids is 2. The van der Waals surface area contributed by atoms with Gasteiger partial charge < -0.3 is 15.2 Å². The van der Waals surface area contributed by atoms with Gasteiger partial charge in [-0.05, 0) is 30.2 Å². The molecule has 2 amide bonds. The van der Waals surface area contributed by atoms with Crippen molar-refractivity contribution in [3.8, 4) is 0 Å². The number of thiazole rings is 1. The van der Waals surface area contributed by atoms with E-state index in [0.29, 0.717) is 29.7 Å². The molecule has 1 saturated heterocycles. The molecule has 0 saturated carbocycles. The quantitative estimate of drug-likeness (QED) is 0.703. The van der Waals surface area contributed by atoms with Crippen molar-refractivity contribution in [2.24, 2.45) is 5.92 Å². The van der Waals surface area contributed by atoms with Crippen LogP contribution in [0.2, 0.25) is 5.02 Å². The Labute approximate surface area is 159 Å². The van der Waals surface area contributed by atoms with Crippen LogP contribution in [0, 0.1) is 5.92 Å². The molecule has 134 valence electrons. The summed E-state index contributed by atoms with van der Waals surface area (Å²) in [5, 5.41) is 6.90. The molecule has 0 spiro atoms. The third-order valence-corrected chi connectivity index (χ3v) is 5.55. The Hall–Kier alpha value is -2.38. The molecule has 3 aromatic rings. The van der Waals surface area contributed by atoms with E-state index in [2.05, 4.69) is 15.3 Å². The predicted molar refractivity (Wildman–Crippen MR) is 102 cm³/mol. The van der Waals surface area contributed by atoms with E-state index < -0.39 is 0 Å². The molecule has 26 heavy (non-hydrogen) atoms. The van der Waals surface area contributed by atoms with Crippen LogP contribution in [0.1, 0.15) is 12.0 Å². The molecule has 4 rings (SSSR count). The van der Waals surface area contributed by atoms with E-state index in [9.17, 15) is 9.59 Å². The zero-order chi connectivity index (χ0) is 18.1. The standard InChI is InChI=1S/C18H17ClN4O2S/c19-13-1-2-15-14(8-13)11(9-21-15)3-5-23-10-12(7-16(23)24)17(25)22-18-20-4-6-26-18/h1-2,4,6,8-9,12,21H,3,5,7,10H2,(H,20,22,25). The van der Waals surface area contributed by atoms with E-state index in [4.69, 9.17) is 11.6 Å². The van der Waals surface area contributed by atoms with Crippen LogP contribution in [0.3, 0.4) is 0 Å². The van der Waals surface area contributed by atoms with Gasteiger partial charge in [0.1, 0.15) is 0 Å². The van der Waals surface area contributed by atoms with Gasteiger partial charge >= 0.3 is 0 Å². The first kappa shape index (κ1) is 17.1. The van der Waals surface area contributed by atoms with E-state index in [1.807, 2.05) is 24.4 Å². The molecule has 2 aromatic heterocycles. The van der Waals surface area contributed by atoms with Crippen molar-refractivity contribution in [1.29, 1.82) is 0 Å². The van der Waals surface area contributed by atoms with Gasteiger partial charge in [0, 0.05) is 53.2 Å². The average Bonchev–Trinajstić information content (AvgIpc) is 3.33. The summed E-state index contributed by atoms with van der Waals surface area (Å²) in [7, 11) is 0. The highest BCUT2D eigenvalue weighted by Gasteiger charge is 2.34. The Bertz CT molecular complexity index is 953. The topological polar surface area (TPSA) is 78.1 Å². The minimum Gasteiger partial charge on any atom is -0.361 e. The maximum absolute atomic E-state index is 12.3. The monoisotopic (exact) mass is 388 g/mol. The first-order valence-electron chi connectivity index (χ1n) is 8.34. The number of halogens is 1. The summed E-state index contributed by atoms with van der Waals surface area (Å²) >= 11 is 7.45. The summed E-state index contributed by atoms with van der Waals surface area (Å²) in [6, 6.07) is 5.72. The highest BCUT2D eigenvalue weighted by Crippen LogP contribution is 2.25.